The number of halogens is 2. The van der Waals surface area contributed by atoms with Crippen LogP contribution >= 0.6 is 27.3 Å². The van der Waals surface area contributed by atoms with Gasteiger partial charge in [0.05, 0.1) is 16.4 Å². The Morgan fingerprint density at radius 3 is 2.76 bits per heavy atom. The zero-order valence-electron chi connectivity index (χ0n) is 8.86. The third kappa shape index (κ3) is 3.28. The molecule has 0 aliphatic carbocycles. The Morgan fingerprint density at radius 2 is 2.18 bits per heavy atom. The molecule has 2 nitrogen and oxygen atoms in total. The molecule has 0 aliphatic heterocycles. The molecular weight excluding hydrogens is 305 g/mol. The smallest absolute Gasteiger partial charge is 0.125 e. The SMILES string of the molecule is OCC(Nc1cccc(F)c1)c1ccc(Br)s1. The fourth-order valence-electron chi connectivity index (χ4n) is 1.50. The molecule has 2 N–H and O–H groups in total. The summed E-state index contributed by atoms with van der Waals surface area (Å²) in [5.74, 6) is -0.293. The molecule has 5 heteroatoms. The van der Waals surface area contributed by atoms with Gasteiger partial charge in [-0.05, 0) is 46.3 Å². The van der Waals surface area contributed by atoms with Crippen molar-refractivity contribution < 1.29 is 9.50 Å². The van der Waals surface area contributed by atoms with Crippen LogP contribution in [0, 0.1) is 5.82 Å². The van der Waals surface area contributed by atoms with E-state index in [2.05, 4.69) is 21.2 Å². The third-order valence-corrected chi connectivity index (χ3v) is 4.02. The summed E-state index contributed by atoms with van der Waals surface area (Å²) < 4.78 is 14.0. The van der Waals surface area contributed by atoms with Gasteiger partial charge in [-0.2, -0.15) is 0 Å². The number of benzene rings is 1. The maximum Gasteiger partial charge on any atom is 0.125 e. The van der Waals surface area contributed by atoms with Gasteiger partial charge in [0, 0.05) is 10.6 Å². The van der Waals surface area contributed by atoms with Crippen molar-refractivity contribution in [1.29, 1.82) is 0 Å². The zero-order chi connectivity index (χ0) is 12.3. The molecule has 0 spiro atoms. The van der Waals surface area contributed by atoms with Gasteiger partial charge in [0.15, 0.2) is 0 Å². The molecule has 0 fully saturated rings. The summed E-state index contributed by atoms with van der Waals surface area (Å²) in [5.41, 5.74) is 0.661. The van der Waals surface area contributed by atoms with Crippen molar-refractivity contribution in [3.63, 3.8) is 0 Å². The number of nitrogens with one attached hydrogen (secondary N) is 1. The van der Waals surface area contributed by atoms with E-state index in [-0.39, 0.29) is 18.5 Å². The van der Waals surface area contributed by atoms with Crippen molar-refractivity contribution in [1.82, 2.24) is 0 Å². The zero-order valence-corrected chi connectivity index (χ0v) is 11.3. The summed E-state index contributed by atoms with van der Waals surface area (Å²) >= 11 is 4.92. The molecule has 0 radical (unpaired) electrons. The topological polar surface area (TPSA) is 32.3 Å². The first-order valence-corrected chi connectivity index (χ1v) is 6.68. The number of aliphatic hydroxyl groups is 1. The van der Waals surface area contributed by atoms with E-state index in [0.29, 0.717) is 5.69 Å². The number of hydrogen-bond donors (Lipinski definition) is 2. The Balaban J connectivity index is 2.15. The first kappa shape index (κ1) is 12.5. The van der Waals surface area contributed by atoms with Gasteiger partial charge in [0.2, 0.25) is 0 Å². The normalized spacial score (nSPS) is 12.4. The first-order valence-electron chi connectivity index (χ1n) is 5.07. The second-order valence-electron chi connectivity index (χ2n) is 3.53. The van der Waals surface area contributed by atoms with E-state index in [4.69, 9.17) is 0 Å². The number of anilines is 1. The van der Waals surface area contributed by atoms with Gasteiger partial charge in [0.25, 0.3) is 0 Å². The third-order valence-electron chi connectivity index (χ3n) is 2.29. The summed E-state index contributed by atoms with van der Waals surface area (Å²) in [7, 11) is 0. The van der Waals surface area contributed by atoms with Gasteiger partial charge in [0.1, 0.15) is 5.82 Å². The molecule has 1 aromatic carbocycles. The molecule has 0 saturated heterocycles. The van der Waals surface area contributed by atoms with Gasteiger partial charge in [-0.25, -0.2) is 4.39 Å². The number of thiophene rings is 1. The summed E-state index contributed by atoms with van der Waals surface area (Å²) in [4.78, 5) is 1.00. The highest BCUT2D eigenvalue weighted by Gasteiger charge is 2.12. The quantitative estimate of drug-likeness (QED) is 0.899. The maximum atomic E-state index is 13.0. The Hall–Kier alpha value is -0.910. The van der Waals surface area contributed by atoms with E-state index in [1.165, 1.54) is 12.1 Å². The second-order valence-corrected chi connectivity index (χ2v) is 6.03. The van der Waals surface area contributed by atoms with Crippen LogP contribution < -0.4 is 5.32 Å². The predicted octanol–water partition coefficient (Wildman–Crippen LogP) is 3.80. The average Bonchev–Trinajstić information content (AvgIpc) is 2.73. The minimum Gasteiger partial charge on any atom is -0.394 e. The highest BCUT2D eigenvalue weighted by Crippen LogP contribution is 2.29. The second kappa shape index (κ2) is 5.62. The molecule has 2 aromatic rings. The van der Waals surface area contributed by atoms with Crippen LogP contribution in [0.1, 0.15) is 10.9 Å². The van der Waals surface area contributed by atoms with Crippen molar-refractivity contribution in [3.8, 4) is 0 Å². The molecule has 1 heterocycles. The lowest BCUT2D eigenvalue weighted by molar-refractivity contribution is 0.277. The fraction of sp³-hybridized carbons (Fsp3) is 0.167. The van der Waals surface area contributed by atoms with E-state index in [1.54, 1.807) is 23.5 Å². The summed E-state index contributed by atoms with van der Waals surface area (Å²) in [6.07, 6.45) is 0. The fourth-order valence-corrected chi connectivity index (χ4v) is 2.97. The van der Waals surface area contributed by atoms with Gasteiger partial charge in [-0.1, -0.05) is 6.07 Å². The van der Waals surface area contributed by atoms with E-state index in [9.17, 15) is 9.50 Å². The van der Waals surface area contributed by atoms with Crippen molar-refractivity contribution in [2.75, 3.05) is 11.9 Å². The molecular formula is C12H11BrFNOS. The Kier molecular flexibility index (Phi) is 4.15. The van der Waals surface area contributed by atoms with E-state index in [1.807, 2.05) is 12.1 Å². The van der Waals surface area contributed by atoms with Crippen LogP contribution in [0.2, 0.25) is 0 Å². The molecule has 0 aliphatic rings. The maximum absolute atomic E-state index is 13.0. The predicted molar refractivity (Wildman–Crippen MR) is 71.9 cm³/mol. The molecule has 0 amide bonds. The summed E-state index contributed by atoms with van der Waals surface area (Å²) in [5, 5.41) is 12.5. The van der Waals surface area contributed by atoms with Crippen molar-refractivity contribution in [2.24, 2.45) is 0 Å². The lowest BCUT2D eigenvalue weighted by atomic mass is 10.2. The minimum absolute atomic E-state index is 0.0382. The summed E-state index contributed by atoms with van der Waals surface area (Å²) in [6, 6.07) is 9.85. The molecule has 2 rings (SSSR count). The van der Waals surface area contributed by atoms with Crippen LogP contribution in [-0.2, 0) is 0 Å². The van der Waals surface area contributed by atoms with Crippen molar-refractivity contribution in [2.45, 2.75) is 6.04 Å². The van der Waals surface area contributed by atoms with Gasteiger partial charge >= 0.3 is 0 Å². The average molecular weight is 316 g/mol. The van der Waals surface area contributed by atoms with Crippen LogP contribution in [0.3, 0.4) is 0 Å². The van der Waals surface area contributed by atoms with Crippen LogP contribution in [0.5, 0.6) is 0 Å². The number of aliphatic hydroxyl groups excluding tert-OH is 1. The Bertz CT molecular complexity index is 503. The van der Waals surface area contributed by atoms with Gasteiger partial charge in [-0.3, -0.25) is 0 Å². The van der Waals surface area contributed by atoms with Crippen LogP contribution in [0.4, 0.5) is 10.1 Å². The first-order chi connectivity index (χ1) is 8.19. The van der Waals surface area contributed by atoms with E-state index in [0.717, 1.165) is 8.66 Å². The summed E-state index contributed by atoms with van der Waals surface area (Å²) in [6.45, 7) is -0.0382. The highest BCUT2D eigenvalue weighted by molar-refractivity contribution is 9.11. The van der Waals surface area contributed by atoms with Gasteiger partial charge < -0.3 is 10.4 Å². The highest BCUT2D eigenvalue weighted by atomic mass is 79.9. The molecule has 1 atom stereocenters. The number of rotatable bonds is 4. The van der Waals surface area contributed by atoms with Crippen LogP contribution in [0.25, 0.3) is 0 Å². The molecule has 90 valence electrons. The van der Waals surface area contributed by atoms with Crippen LogP contribution in [0.15, 0.2) is 40.2 Å². The lowest BCUT2D eigenvalue weighted by Crippen LogP contribution is -2.13. The molecule has 0 saturated carbocycles. The molecule has 0 bridgehead atoms. The van der Waals surface area contributed by atoms with E-state index >= 15 is 0 Å². The van der Waals surface area contributed by atoms with Crippen LogP contribution in [-0.4, -0.2) is 11.7 Å². The Labute approximate surface area is 111 Å². The molecule has 17 heavy (non-hydrogen) atoms. The standard InChI is InChI=1S/C12H11BrFNOS/c13-12-5-4-11(17-12)10(7-16)15-9-3-1-2-8(14)6-9/h1-6,10,15-16H,7H2. The van der Waals surface area contributed by atoms with Crippen molar-refractivity contribution in [3.05, 3.63) is 50.9 Å². The Morgan fingerprint density at radius 1 is 1.35 bits per heavy atom. The molecule has 1 aromatic heterocycles. The lowest BCUT2D eigenvalue weighted by Gasteiger charge is -2.16. The number of hydrogen-bond acceptors (Lipinski definition) is 3. The monoisotopic (exact) mass is 315 g/mol. The van der Waals surface area contributed by atoms with Crippen molar-refractivity contribution >= 4 is 33.0 Å². The largest absolute Gasteiger partial charge is 0.394 e. The minimum atomic E-state index is -0.293. The van der Waals surface area contributed by atoms with Gasteiger partial charge in [-0.15, -0.1) is 11.3 Å². The van der Waals surface area contributed by atoms with E-state index < -0.39 is 0 Å². The molecule has 1 unspecified atom stereocenters.